The maximum absolute atomic E-state index is 11.3. The highest BCUT2D eigenvalue weighted by Crippen LogP contribution is 2.23. The summed E-state index contributed by atoms with van der Waals surface area (Å²) in [7, 11) is 0. The van der Waals surface area contributed by atoms with E-state index in [2.05, 4.69) is 10.1 Å². The molecule has 0 saturated heterocycles. The van der Waals surface area contributed by atoms with Gasteiger partial charge in [0.05, 0.1) is 16.8 Å². The molecule has 0 bridgehead atoms. The summed E-state index contributed by atoms with van der Waals surface area (Å²) in [6.07, 6.45) is 4.43. The number of fused-ring (bicyclic) bond motifs is 1. The molecule has 3 rings (SSSR count). The van der Waals surface area contributed by atoms with Gasteiger partial charge in [0.15, 0.2) is 6.29 Å². The average Bonchev–Trinajstić information content (AvgIpc) is 2.77. The van der Waals surface area contributed by atoms with Gasteiger partial charge in [-0.1, -0.05) is 12.1 Å². The van der Waals surface area contributed by atoms with Crippen LogP contribution in [0.15, 0.2) is 42.7 Å². The zero-order chi connectivity index (χ0) is 12.5. The van der Waals surface area contributed by atoms with Gasteiger partial charge in [0, 0.05) is 12.4 Å². The van der Waals surface area contributed by atoms with Crippen LogP contribution in [0.4, 0.5) is 0 Å². The molecule has 3 aromatic rings. The minimum Gasteiger partial charge on any atom is -0.298 e. The molecule has 0 aliphatic carbocycles. The lowest BCUT2D eigenvalue weighted by atomic mass is 10.1. The molecule has 88 valence electrons. The number of carbonyl (C=O) groups excluding carboxylic acids is 1. The van der Waals surface area contributed by atoms with E-state index < -0.39 is 0 Å². The summed E-state index contributed by atoms with van der Waals surface area (Å²) in [6.45, 7) is 1.99. The van der Waals surface area contributed by atoms with Crippen molar-refractivity contribution in [3.8, 4) is 11.4 Å². The Morgan fingerprint density at radius 1 is 1.22 bits per heavy atom. The number of rotatable bonds is 2. The molecule has 0 aliphatic heterocycles. The predicted molar refractivity (Wildman–Crippen MR) is 68.5 cm³/mol. The number of aromatic nitrogens is 3. The Morgan fingerprint density at radius 2 is 2.11 bits per heavy atom. The molecule has 4 nitrogen and oxygen atoms in total. The van der Waals surface area contributed by atoms with Crippen LogP contribution in [0, 0.1) is 6.92 Å². The molecule has 3 aromatic heterocycles. The van der Waals surface area contributed by atoms with Gasteiger partial charge < -0.3 is 0 Å². The van der Waals surface area contributed by atoms with Gasteiger partial charge in [0.2, 0.25) is 0 Å². The predicted octanol–water partition coefficient (Wildman–Crippen LogP) is 2.52. The van der Waals surface area contributed by atoms with Gasteiger partial charge in [-0.05, 0) is 30.7 Å². The van der Waals surface area contributed by atoms with Crippen molar-refractivity contribution in [3.63, 3.8) is 0 Å². The highest BCUT2D eigenvalue weighted by Gasteiger charge is 2.14. The lowest BCUT2D eigenvalue weighted by Gasteiger charge is -1.94. The normalized spacial score (nSPS) is 10.7. The van der Waals surface area contributed by atoms with Crippen LogP contribution in [-0.4, -0.2) is 20.9 Å². The van der Waals surface area contributed by atoms with Crippen molar-refractivity contribution in [1.82, 2.24) is 14.6 Å². The third-order valence-corrected chi connectivity index (χ3v) is 2.84. The molecule has 0 unspecified atom stereocenters. The molecule has 0 N–H and O–H groups in total. The summed E-state index contributed by atoms with van der Waals surface area (Å²) in [6, 6.07) is 9.43. The van der Waals surface area contributed by atoms with Crippen LogP contribution in [0.2, 0.25) is 0 Å². The number of hydrogen-bond donors (Lipinski definition) is 0. The van der Waals surface area contributed by atoms with Crippen molar-refractivity contribution in [3.05, 3.63) is 53.9 Å². The van der Waals surface area contributed by atoms with Crippen molar-refractivity contribution in [2.75, 3.05) is 0 Å². The van der Waals surface area contributed by atoms with E-state index in [1.54, 1.807) is 10.7 Å². The lowest BCUT2D eigenvalue weighted by molar-refractivity contribution is 0.112. The molecule has 0 saturated carbocycles. The Labute approximate surface area is 104 Å². The second-order valence-corrected chi connectivity index (χ2v) is 4.13. The quantitative estimate of drug-likeness (QED) is 0.643. The maximum Gasteiger partial charge on any atom is 0.154 e. The van der Waals surface area contributed by atoms with Crippen LogP contribution in [0.25, 0.3) is 16.9 Å². The number of carbonyl (C=O) groups is 1. The minimum absolute atomic E-state index is 0.578. The van der Waals surface area contributed by atoms with Crippen LogP contribution in [0.1, 0.15) is 15.9 Å². The number of nitrogens with zero attached hydrogens (tertiary/aromatic N) is 3. The van der Waals surface area contributed by atoms with Crippen LogP contribution in [0.5, 0.6) is 0 Å². The summed E-state index contributed by atoms with van der Waals surface area (Å²) in [5, 5.41) is 4.44. The smallest absolute Gasteiger partial charge is 0.154 e. The van der Waals surface area contributed by atoms with Crippen LogP contribution in [-0.2, 0) is 0 Å². The third kappa shape index (κ3) is 1.59. The second-order valence-electron chi connectivity index (χ2n) is 4.13. The van der Waals surface area contributed by atoms with Crippen molar-refractivity contribution in [1.29, 1.82) is 0 Å². The van der Waals surface area contributed by atoms with E-state index in [0.29, 0.717) is 17.0 Å². The fourth-order valence-electron chi connectivity index (χ4n) is 1.98. The standard InChI is InChI=1S/C14H11N3O/c1-10-5-6-13-11(9-18)14(16-17(13)8-10)12-4-2-3-7-15-12/h2-9H,1H3. The molecule has 0 atom stereocenters. The first-order valence-electron chi connectivity index (χ1n) is 5.65. The molecule has 3 heterocycles. The summed E-state index contributed by atoms with van der Waals surface area (Å²) >= 11 is 0. The Kier molecular flexibility index (Phi) is 2.41. The Morgan fingerprint density at radius 3 is 2.83 bits per heavy atom. The van der Waals surface area contributed by atoms with Crippen LogP contribution < -0.4 is 0 Å². The molecule has 18 heavy (non-hydrogen) atoms. The topological polar surface area (TPSA) is 47.3 Å². The Bertz CT molecular complexity index is 716. The van der Waals surface area contributed by atoms with E-state index in [1.165, 1.54) is 0 Å². The van der Waals surface area contributed by atoms with Gasteiger partial charge in [0.1, 0.15) is 5.69 Å². The summed E-state index contributed by atoms with van der Waals surface area (Å²) in [5.41, 5.74) is 3.80. The zero-order valence-electron chi connectivity index (χ0n) is 9.87. The maximum atomic E-state index is 11.3. The van der Waals surface area contributed by atoms with E-state index in [9.17, 15) is 4.79 Å². The van der Waals surface area contributed by atoms with Gasteiger partial charge in [-0.15, -0.1) is 0 Å². The summed E-state index contributed by atoms with van der Waals surface area (Å²) < 4.78 is 1.73. The number of aldehydes is 1. The fraction of sp³-hybridized carbons (Fsp3) is 0.0714. The Balaban J connectivity index is 2.33. The average molecular weight is 237 g/mol. The van der Waals surface area contributed by atoms with Crippen LogP contribution in [0.3, 0.4) is 0 Å². The lowest BCUT2D eigenvalue weighted by Crippen LogP contribution is -1.88. The van der Waals surface area contributed by atoms with E-state index in [-0.39, 0.29) is 0 Å². The molecule has 0 radical (unpaired) electrons. The minimum atomic E-state index is 0.578. The molecule has 0 spiro atoms. The van der Waals surface area contributed by atoms with Gasteiger partial charge in [0.25, 0.3) is 0 Å². The first kappa shape index (κ1) is 10.7. The third-order valence-electron chi connectivity index (χ3n) is 2.84. The second kappa shape index (κ2) is 4.07. The number of pyridine rings is 2. The molecule has 4 heteroatoms. The molecule has 0 amide bonds. The van der Waals surface area contributed by atoms with E-state index in [4.69, 9.17) is 0 Å². The monoisotopic (exact) mass is 237 g/mol. The summed E-state index contributed by atoms with van der Waals surface area (Å²) in [5.74, 6) is 0. The van der Waals surface area contributed by atoms with E-state index >= 15 is 0 Å². The molecular weight excluding hydrogens is 226 g/mol. The first-order chi connectivity index (χ1) is 8.79. The molecular formula is C14H11N3O. The largest absolute Gasteiger partial charge is 0.298 e. The zero-order valence-corrected chi connectivity index (χ0v) is 9.87. The van der Waals surface area contributed by atoms with Crippen LogP contribution >= 0.6 is 0 Å². The number of hydrogen-bond acceptors (Lipinski definition) is 3. The molecule has 0 aromatic carbocycles. The van der Waals surface area contributed by atoms with E-state index in [1.807, 2.05) is 43.5 Å². The van der Waals surface area contributed by atoms with Crippen molar-refractivity contribution in [2.45, 2.75) is 6.92 Å². The highest BCUT2D eigenvalue weighted by molar-refractivity contribution is 5.94. The highest BCUT2D eigenvalue weighted by atomic mass is 16.1. The molecule has 0 aliphatic rings. The first-order valence-corrected chi connectivity index (χ1v) is 5.65. The van der Waals surface area contributed by atoms with E-state index in [0.717, 1.165) is 17.4 Å². The number of aryl methyl sites for hydroxylation is 1. The van der Waals surface area contributed by atoms with Crippen molar-refractivity contribution in [2.24, 2.45) is 0 Å². The van der Waals surface area contributed by atoms with Gasteiger partial charge in [-0.25, -0.2) is 4.52 Å². The molecule has 0 fully saturated rings. The Hall–Kier alpha value is -2.49. The van der Waals surface area contributed by atoms with Gasteiger partial charge in [-0.2, -0.15) is 5.10 Å². The van der Waals surface area contributed by atoms with Crippen molar-refractivity contribution < 1.29 is 4.79 Å². The van der Waals surface area contributed by atoms with Gasteiger partial charge >= 0.3 is 0 Å². The van der Waals surface area contributed by atoms with Gasteiger partial charge in [-0.3, -0.25) is 9.78 Å². The summed E-state index contributed by atoms with van der Waals surface area (Å²) in [4.78, 5) is 15.5. The SMILES string of the molecule is Cc1ccc2c(C=O)c(-c3ccccn3)nn2c1. The van der Waals surface area contributed by atoms with Crippen molar-refractivity contribution >= 4 is 11.8 Å². The fourth-order valence-corrected chi connectivity index (χ4v) is 1.98.